The second kappa shape index (κ2) is 9.56. The van der Waals surface area contributed by atoms with E-state index in [0.29, 0.717) is 25.4 Å². The molecule has 2 amide bonds. The maximum atomic E-state index is 12.5. The van der Waals surface area contributed by atoms with Crippen molar-refractivity contribution in [3.8, 4) is 5.75 Å². The van der Waals surface area contributed by atoms with E-state index in [9.17, 15) is 9.59 Å². The number of hydrogen-bond acceptors (Lipinski definition) is 4. The van der Waals surface area contributed by atoms with Gasteiger partial charge in [0.1, 0.15) is 5.75 Å². The normalized spacial score (nSPS) is 19.8. The van der Waals surface area contributed by atoms with Crippen molar-refractivity contribution >= 4 is 11.8 Å². The van der Waals surface area contributed by atoms with Gasteiger partial charge in [-0.3, -0.25) is 14.5 Å². The third-order valence-corrected chi connectivity index (χ3v) is 5.28. The Morgan fingerprint density at radius 2 is 1.93 bits per heavy atom. The summed E-state index contributed by atoms with van der Waals surface area (Å²) >= 11 is 0. The summed E-state index contributed by atoms with van der Waals surface area (Å²) in [5.41, 5.74) is 2.36. The number of rotatable bonds is 7. The Morgan fingerprint density at radius 3 is 2.66 bits per heavy atom. The van der Waals surface area contributed by atoms with Crippen molar-refractivity contribution in [2.75, 3.05) is 26.7 Å². The first kappa shape index (κ1) is 20.9. The number of likely N-dealkylation sites (N-methyl/N-ethyl adjacent to an activating group) is 1. The minimum absolute atomic E-state index is 0.0288. The van der Waals surface area contributed by atoms with Gasteiger partial charge in [-0.25, -0.2) is 0 Å². The topological polar surface area (TPSA) is 61.9 Å². The van der Waals surface area contributed by atoms with Gasteiger partial charge in [0, 0.05) is 32.7 Å². The minimum Gasteiger partial charge on any atom is -0.484 e. The molecule has 0 aromatic heterocycles. The molecule has 29 heavy (non-hydrogen) atoms. The molecule has 1 aliphatic heterocycles. The first-order valence-electron chi connectivity index (χ1n) is 9.95. The molecule has 6 nitrogen and oxygen atoms in total. The van der Waals surface area contributed by atoms with Crippen LogP contribution in [0.2, 0.25) is 0 Å². The molecule has 1 fully saturated rings. The molecule has 2 atom stereocenters. The van der Waals surface area contributed by atoms with Gasteiger partial charge in [-0.05, 0) is 31.5 Å². The van der Waals surface area contributed by atoms with E-state index < -0.39 is 0 Å². The molecule has 0 radical (unpaired) electrons. The summed E-state index contributed by atoms with van der Waals surface area (Å²) in [4.78, 5) is 28.7. The molecule has 154 valence electrons. The molecular formula is C23H29N3O3. The number of carbonyl (C=O) groups excluding carboxylic acids is 2. The zero-order valence-corrected chi connectivity index (χ0v) is 17.3. The van der Waals surface area contributed by atoms with Crippen molar-refractivity contribution in [2.24, 2.45) is 0 Å². The van der Waals surface area contributed by atoms with E-state index in [1.54, 1.807) is 4.90 Å². The van der Waals surface area contributed by atoms with Crippen molar-refractivity contribution in [1.82, 2.24) is 15.1 Å². The number of carbonyl (C=O) groups is 2. The number of nitrogens with zero attached hydrogens (tertiary/aromatic N) is 2. The Morgan fingerprint density at radius 1 is 1.17 bits per heavy atom. The van der Waals surface area contributed by atoms with Crippen LogP contribution in [-0.2, 0) is 16.1 Å². The molecule has 3 rings (SSSR count). The van der Waals surface area contributed by atoms with Crippen LogP contribution in [0.3, 0.4) is 0 Å². The number of para-hydroxylation sites is 1. The maximum absolute atomic E-state index is 12.5. The van der Waals surface area contributed by atoms with Gasteiger partial charge >= 0.3 is 0 Å². The van der Waals surface area contributed by atoms with E-state index in [1.807, 2.05) is 50.4 Å². The zero-order valence-electron chi connectivity index (χ0n) is 17.3. The van der Waals surface area contributed by atoms with Crippen molar-refractivity contribution < 1.29 is 14.3 Å². The molecule has 0 aliphatic carbocycles. The van der Waals surface area contributed by atoms with Gasteiger partial charge in [-0.15, -0.1) is 0 Å². The number of benzene rings is 2. The average Bonchev–Trinajstić information content (AvgIpc) is 2.72. The molecule has 1 N–H and O–H groups in total. The molecule has 2 aromatic rings. The third-order valence-electron chi connectivity index (χ3n) is 5.28. The predicted molar refractivity (Wildman–Crippen MR) is 113 cm³/mol. The van der Waals surface area contributed by atoms with Gasteiger partial charge in [0.2, 0.25) is 5.91 Å². The summed E-state index contributed by atoms with van der Waals surface area (Å²) in [6, 6.07) is 17.4. The Labute approximate surface area is 172 Å². The average molecular weight is 396 g/mol. The minimum atomic E-state index is -0.239. The predicted octanol–water partition coefficient (Wildman–Crippen LogP) is 2.22. The van der Waals surface area contributed by atoms with Crippen LogP contribution in [0.25, 0.3) is 0 Å². The van der Waals surface area contributed by atoms with Crippen LogP contribution in [-0.4, -0.2) is 60.4 Å². The third kappa shape index (κ3) is 5.57. The van der Waals surface area contributed by atoms with Gasteiger partial charge in [0.05, 0.1) is 6.04 Å². The van der Waals surface area contributed by atoms with Crippen molar-refractivity contribution in [3.63, 3.8) is 0 Å². The highest BCUT2D eigenvalue weighted by molar-refractivity contribution is 5.82. The number of amides is 2. The molecule has 1 saturated heterocycles. The summed E-state index contributed by atoms with van der Waals surface area (Å²) in [6.07, 6.45) is 0. The summed E-state index contributed by atoms with van der Waals surface area (Å²) in [6.45, 7) is 5.68. The van der Waals surface area contributed by atoms with Gasteiger partial charge in [0.15, 0.2) is 6.61 Å². The summed E-state index contributed by atoms with van der Waals surface area (Å²) < 4.78 is 5.51. The Kier molecular flexibility index (Phi) is 6.88. The fraction of sp³-hybridized carbons (Fsp3) is 0.391. The molecule has 1 heterocycles. The highest BCUT2D eigenvalue weighted by Gasteiger charge is 2.36. The van der Waals surface area contributed by atoms with E-state index in [0.717, 1.165) is 5.56 Å². The van der Waals surface area contributed by atoms with Gasteiger partial charge < -0.3 is 15.0 Å². The number of hydrogen-bond donors (Lipinski definition) is 1. The lowest BCUT2D eigenvalue weighted by atomic mass is 10.0. The molecule has 0 unspecified atom stereocenters. The first-order chi connectivity index (χ1) is 13.9. The highest BCUT2D eigenvalue weighted by Crippen LogP contribution is 2.20. The van der Waals surface area contributed by atoms with Crippen LogP contribution in [0.4, 0.5) is 0 Å². The lowest BCUT2D eigenvalue weighted by Gasteiger charge is -2.44. The van der Waals surface area contributed by atoms with Crippen LogP contribution >= 0.6 is 0 Å². The zero-order chi connectivity index (χ0) is 20.8. The van der Waals surface area contributed by atoms with E-state index in [-0.39, 0.29) is 30.5 Å². The number of ether oxygens (including phenoxy) is 1. The summed E-state index contributed by atoms with van der Waals surface area (Å²) in [7, 11) is 1.82. The largest absolute Gasteiger partial charge is 0.484 e. The van der Waals surface area contributed by atoms with Crippen LogP contribution in [0, 0.1) is 6.92 Å². The van der Waals surface area contributed by atoms with E-state index >= 15 is 0 Å². The quantitative estimate of drug-likeness (QED) is 0.781. The van der Waals surface area contributed by atoms with E-state index in [4.69, 9.17) is 4.74 Å². The molecule has 0 bridgehead atoms. The number of piperazine rings is 1. The SMILES string of the molecule is Cc1cccc(CN2[C@H](CNC(=O)COc3ccccc3)CN(C)C(=O)[C@@H]2C)c1. The molecule has 0 saturated carbocycles. The van der Waals surface area contributed by atoms with E-state index in [1.165, 1.54) is 5.56 Å². The molecular weight excluding hydrogens is 366 g/mol. The second-order valence-corrected chi connectivity index (χ2v) is 7.62. The fourth-order valence-corrected chi connectivity index (χ4v) is 3.71. The van der Waals surface area contributed by atoms with Crippen molar-refractivity contribution in [3.05, 3.63) is 65.7 Å². The van der Waals surface area contributed by atoms with Crippen molar-refractivity contribution in [1.29, 1.82) is 0 Å². The smallest absolute Gasteiger partial charge is 0.257 e. The van der Waals surface area contributed by atoms with Gasteiger partial charge in [-0.2, -0.15) is 0 Å². The fourth-order valence-electron chi connectivity index (χ4n) is 3.71. The summed E-state index contributed by atoms with van der Waals surface area (Å²) in [5, 5.41) is 2.96. The lowest BCUT2D eigenvalue weighted by Crippen LogP contribution is -2.62. The van der Waals surface area contributed by atoms with Crippen LogP contribution in [0.15, 0.2) is 54.6 Å². The standard InChI is InChI=1S/C23H29N3O3/c1-17-8-7-9-19(12-17)14-26-18(2)23(28)25(3)15-20(26)13-24-22(27)16-29-21-10-5-4-6-11-21/h4-12,18,20H,13-16H2,1-3H3,(H,24,27)/t18-,20+/m0/s1. The molecule has 1 aliphatic rings. The number of aryl methyl sites for hydroxylation is 1. The lowest BCUT2D eigenvalue weighted by molar-refractivity contribution is -0.143. The second-order valence-electron chi connectivity index (χ2n) is 7.62. The van der Waals surface area contributed by atoms with Gasteiger partial charge in [-0.1, -0.05) is 48.0 Å². The van der Waals surface area contributed by atoms with E-state index in [2.05, 4.69) is 35.3 Å². The Balaban J connectivity index is 1.61. The van der Waals surface area contributed by atoms with Crippen LogP contribution in [0.5, 0.6) is 5.75 Å². The van der Waals surface area contributed by atoms with Crippen molar-refractivity contribution in [2.45, 2.75) is 32.5 Å². The highest BCUT2D eigenvalue weighted by atomic mass is 16.5. The number of nitrogens with one attached hydrogen (secondary N) is 1. The maximum Gasteiger partial charge on any atom is 0.257 e. The molecule has 2 aromatic carbocycles. The molecule has 0 spiro atoms. The first-order valence-corrected chi connectivity index (χ1v) is 9.95. The molecule has 6 heteroatoms. The Bertz CT molecular complexity index is 840. The van der Waals surface area contributed by atoms with Crippen LogP contribution < -0.4 is 10.1 Å². The summed E-state index contributed by atoms with van der Waals surface area (Å²) in [5.74, 6) is 0.601. The van der Waals surface area contributed by atoms with Crippen LogP contribution in [0.1, 0.15) is 18.1 Å². The monoisotopic (exact) mass is 395 g/mol. The van der Waals surface area contributed by atoms with Gasteiger partial charge in [0.25, 0.3) is 5.91 Å². The Hall–Kier alpha value is -2.86.